The van der Waals surface area contributed by atoms with Gasteiger partial charge in [-0.3, -0.25) is 4.79 Å². The highest BCUT2D eigenvalue weighted by Gasteiger charge is 2.27. The van der Waals surface area contributed by atoms with Crippen LogP contribution in [0.1, 0.15) is 19.4 Å². The van der Waals surface area contributed by atoms with Gasteiger partial charge in [0.15, 0.2) is 0 Å². The summed E-state index contributed by atoms with van der Waals surface area (Å²) in [4.78, 5) is 22.4. The third kappa shape index (κ3) is 4.58. The Morgan fingerprint density at radius 1 is 1.32 bits per heavy atom. The lowest BCUT2D eigenvalue weighted by Gasteiger charge is -2.19. The zero-order chi connectivity index (χ0) is 14.6. The first-order valence-corrected chi connectivity index (χ1v) is 6.16. The number of rotatable bonds is 4. The second kappa shape index (κ2) is 6.08. The van der Waals surface area contributed by atoms with Crippen molar-refractivity contribution in [3.8, 4) is 0 Å². The molecule has 0 saturated heterocycles. The van der Waals surface area contributed by atoms with E-state index in [9.17, 15) is 9.59 Å². The molecule has 102 valence electrons. The maximum atomic E-state index is 11.6. The topological polar surface area (TPSA) is 66.4 Å². The normalized spacial score (nSPS) is 11.6. The van der Waals surface area contributed by atoms with Crippen LogP contribution < -0.4 is 5.32 Å². The minimum absolute atomic E-state index is 0.411. The summed E-state index contributed by atoms with van der Waals surface area (Å²) in [5.74, 6) is -1.63. The van der Waals surface area contributed by atoms with Gasteiger partial charge in [0.25, 0.3) is 0 Å². The van der Waals surface area contributed by atoms with Gasteiger partial charge in [-0.2, -0.15) is 0 Å². The van der Waals surface area contributed by atoms with Crippen LogP contribution in [0.5, 0.6) is 0 Å². The third-order valence-corrected chi connectivity index (χ3v) is 2.91. The summed E-state index contributed by atoms with van der Waals surface area (Å²) in [5.41, 5.74) is -0.708. The lowest BCUT2D eigenvalue weighted by molar-refractivity contribution is -0.145. The highest BCUT2D eigenvalue weighted by Crippen LogP contribution is 2.21. The number of amides is 1. The summed E-state index contributed by atoms with van der Waals surface area (Å²) < 4.78 is 0. The molecule has 0 atom stereocenters. The second-order valence-corrected chi connectivity index (χ2v) is 5.26. The Morgan fingerprint density at radius 3 is 2.47 bits per heavy atom. The summed E-state index contributed by atoms with van der Waals surface area (Å²) in [7, 11) is 0. The van der Waals surface area contributed by atoms with Crippen molar-refractivity contribution < 1.29 is 14.7 Å². The van der Waals surface area contributed by atoms with Crippen LogP contribution in [0.4, 0.5) is 0 Å². The Labute approximate surface area is 121 Å². The zero-order valence-electron chi connectivity index (χ0n) is 10.4. The monoisotopic (exact) mass is 301 g/mol. The molecule has 0 aliphatic heterocycles. The van der Waals surface area contributed by atoms with Crippen molar-refractivity contribution in [1.29, 1.82) is 0 Å². The quantitative estimate of drug-likeness (QED) is 0.840. The summed E-state index contributed by atoms with van der Waals surface area (Å²) in [5, 5.41) is 12.1. The van der Waals surface area contributed by atoms with Crippen molar-refractivity contribution in [2.45, 2.75) is 19.4 Å². The summed E-state index contributed by atoms with van der Waals surface area (Å²) in [6, 6.07) is 4.87. The van der Waals surface area contributed by atoms with Crippen LogP contribution in [0.2, 0.25) is 10.0 Å². The van der Waals surface area contributed by atoms with Gasteiger partial charge < -0.3 is 10.4 Å². The van der Waals surface area contributed by atoms with Crippen molar-refractivity contribution >= 4 is 41.2 Å². The van der Waals surface area contributed by atoms with Crippen molar-refractivity contribution in [1.82, 2.24) is 5.32 Å². The molecule has 4 nitrogen and oxygen atoms in total. The first kappa shape index (κ1) is 15.5. The van der Waals surface area contributed by atoms with Gasteiger partial charge in [-0.1, -0.05) is 29.3 Å². The number of carboxylic acids is 1. The Bertz CT molecular complexity index is 539. The lowest BCUT2D eigenvalue weighted by atomic mass is 10.1. The largest absolute Gasteiger partial charge is 0.480 e. The molecule has 0 spiro atoms. The SMILES string of the molecule is CC(C)(NC(=O)C=Cc1ccc(Cl)cc1Cl)C(=O)O. The van der Waals surface area contributed by atoms with Gasteiger partial charge in [0, 0.05) is 16.1 Å². The van der Waals surface area contributed by atoms with Crippen LogP contribution in [0.15, 0.2) is 24.3 Å². The number of hydrogen-bond donors (Lipinski definition) is 2. The van der Waals surface area contributed by atoms with Gasteiger partial charge in [0.1, 0.15) is 5.54 Å². The van der Waals surface area contributed by atoms with Gasteiger partial charge >= 0.3 is 5.97 Å². The molecule has 0 aliphatic rings. The maximum absolute atomic E-state index is 11.6. The fourth-order valence-electron chi connectivity index (χ4n) is 1.21. The van der Waals surface area contributed by atoms with Crippen LogP contribution in [-0.2, 0) is 9.59 Å². The predicted octanol–water partition coefficient (Wildman–Crippen LogP) is 2.99. The van der Waals surface area contributed by atoms with E-state index in [0.29, 0.717) is 15.6 Å². The van der Waals surface area contributed by atoms with E-state index in [-0.39, 0.29) is 0 Å². The fraction of sp³-hybridized carbons (Fsp3) is 0.231. The molecule has 0 aromatic heterocycles. The van der Waals surface area contributed by atoms with E-state index < -0.39 is 17.4 Å². The smallest absolute Gasteiger partial charge is 0.328 e. The molecular formula is C13H13Cl2NO3. The molecule has 6 heteroatoms. The van der Waals surface area contributed by atoms with Gasteiger partial charge in [0.05, 0.1) is 0 Å². The molecule has 0 unspecified atom stereocenters. The number of carbonyl (C=O) groups excluding carboxylic acids is 1. The third-order valence-electron chi connectivity index (χ3n) is 2.35. The van der Waals surface area contributed by atoms with E-state index in [1.54, 1.807) is 18.2 Å². The Morgan fingerprint density at radius 2 is 1.95 bits per heavy atom. The van der Waals surface area contributed by atoms with E-state index in [4.69, 9.17) is 28.3 Å². The molecule has 0 heterocycles. The van der Waals surface area contributed by atoms with Gasteiger partial charge in [-0.25, -0.2) is 4.79 Å². The van der Waals surface area contributed by atoms with Crippen molar-refractivity contribution in [2.24, 2.45) is 0 Å². The van der Waals surface area contributed by atoms with Crippen LogP contribution in [0, 0.1) is 0 Å². The maximum Gasteiger partial charge on any atom is 0.328 e. The molecule has 1 amide bonds. The average Bonchev–Trinajstić information content (AvgIpc) is 2.27. The average molecular weight is 302 g/mol. The van der Waals surface area contributed by atoms with Crippen LogP contribution in [0.3, 0.4) is 0 Å². The zero-order valence-corrected chi connectivity index (χ0v) is 11.9. The van der Waals surface area contributed by atoms with E-state index in [1.807, 2.05) is 0 Å². The number of aliphatic carboxylic acids is 1. The van der Waals surface area contributed by atoms with Gasteiger partial charge in [-0.15, -0.1) is 0 Å². The van der Waals surface area contributed by atoms with Crippen molar-refractivity contribution in [2.75, 3.05) is 0 Å². The first-order valence-electron chi connectivity index (χ1n) is 5.41. The molecule has 19 heavy (non-hydrogen) atoms. The number of carboxylic acid groups (broad SMARTS) is 1. The number of nitrogens with one attached hydrogen (secondary N) is 1. The highest BCUT2D eigenvalue weighted by atomic mass is 35.5. The fourth-order valence-corrected chi connectivity index (χ4v) is 1.68. The minimum Gasteiger partial charge on any atom is -0.480 e. The molecule has 0 bridgehead atoms. The second-order valence-electron chi connectivity index (χ2n) is 4.42. The number of benzene rings is 1. The molecule has 1 rings (SSSR count). The van der Waals surface area contributed by atoms with E-state index in [2.05, 4.69) is 5.32 Å². The summed E-state index contributed by atoms with van der Waals surface area (Å²) in [6.45, 7) is 2.80. The molecule has 2 N–H and O–H groups in total. The van der Waals surface area contributed by atoms with E-state index >= 15 is 0 Å². The molecule has 0 aliphatic carbocycles. The van der Waals surface area contributed by atoms with E-state index in [1.165, 1.54) is 26.0 Å². The Hall–Kier alpha value is -1.52. The number of halogens is 2. The lowest BCUT2D eigenvalue weighted by Crippen LogP contribution is -2.49. The summed E-state index contributed by atoms with van der Waals surface area (Å²) >= 11 is 11.7. The molecule has 0 fully saturated rings. The summed E-state index contributed by atoms with van der Waals surface area (Å²) in [6.07, 6.45) is 2.71. The van der Waals surface area contributed by atoms with Crippen LogP contribution in [-0.4, -0.2) is 22.5 Å². The standard InChI is InChI=1S/C13H13Cl2NO3/c1-13(2,12(18)19)16-11(17)6-4-8-3-5-9(14)7-10(8)15/h3-7H,1-2H3,(H,16,17)(H,18,19). The number of hydrogen-bond acceptors (Lipinski definition) is 2. The highest BCUT2D eigenvalue weighted by molar-refractivity contribution is 6.35. The minimum atomic E-state index is -1.33. The van der Waals surface area contributed by atoms with Gasteiger partial charge in [0.2, 0.25) is 5.91 Å². The first-order chi connectivity index (χ1) is 8.72. The van der Waals surface area contributed by atoms with Crippen LogP contribution >= 0.6 is 23.2 Å². The van der Waals surface area contributed by atoms with Crippen LogP contribution in [0.25, 0.3) is 6.08 Å². The van der Waals surface area contributed by atoms with Gasteiger partial charge in [-0.05, 0) is 37.6 Å². The van der Waals surface area contributed by atoms with Crippen molar-refractivity contribution in [3.63, 3.8) is 0 Å². The molecule has 0 saturated carbocycles. The molecule has 1 aromatic carbocycles. The van der Waals surface area contributed by atoms with E-state index in [0.717, 1.165) is 0 Å². The molecule has 0 radical (unpaired) electrons. The molecular weight excluding hydrogens is 289 g/mol. The number of carbonyl (C=O) groups is 2. The Kier molecular flexibility index (Phi) is 4.97. The molecule has 1 aromatic rings. The van der Waals surface area contributed by atoms with Crippen molar-refractivity contribution in [3.05, 3.63) is 39.9 Å². The predicted molar refractivity (Wildman–Crippen MR) is 75.4 cm³/mol. The Balaban J connectivity index is 2.77.